The lowest BCUT2D eigenvalue weighted by molar-refractivity contribution is -0.127. The van der Waals surface area contributed by atoms with E-state index in [1.54, 1.807) is 30.3 Å². The maximum absolute atomic E-state index is 11.9. The summed E-state index contributed by atoms with van der Waals surface area (Å²) in [5.41, 5.74) is 1.28. The van der Waals surface area contributed by atoms with Crippen LogP contribution in [0.3, 0.4) is 0 Å². The summed E-state index contributed by atoms with van der Waals surface area (Å²) in [4.78, 5) is 21.7. The fraction of sp³-hybridized carbons (Fsp3) is 0.429. The van der Waals surface area contributed by atoms with Crippen LogP contribution >= 0.6 is 11.3 Å². The van der Waals surface area contributed by atoms with Gasteiger partial charge in [0, 0.05) is 43.8 Å². The quantitative estimate of drug-likeness (QED) is 0.579. The van der Waals surface area contributed by atoms with Gasteiger partial charge in [0.05, 0.1) is 6.54 Å². The van der Waals surface area contributed by atoms with Crippen molar-refractivity contribution in [3.05, 3.63) is 52.7 Å². The molecule has 150 valence electrons. The summed E-state index contributed by atoms with van der Waals surface area (Å²) < 4.78 is 0. The molecule has 1 aliphatic rings. The molecule has 0 aliphatic carbocycles. The summed E-state index contributed by atoms with van der Waals surface area (Å²) >= 11 is 1.71. The van der Waals surface area contributed by atoms with Gasteiger partial charge in [-0.25, -0.2) is 4.99 Å². The summed E-state index contributed by atoms with van der Waals surface area (Å²) in [5.74, 6) is 0.706. The lowest BCUT2D eigenvalue weighted by atomic mass is 10.0. The number of amides is 1. The minimum Gasteiger partial charge on any atom is -0.371 e. The van der Waals surface area contributed by atoms with Crippen LogP contribution in [0.5, 0.6) is 0 Å². The predicted molar refractivity (Wildman–Crippen MR) is 117 cm³/mol. The van der Waals surface area contributed by atoms with Gasteiger partial charge >= 0.3 is 0 Å². The lowest BCUT2D eigenvalue weighted by Crippen LogP contribution is -2.48. The van der Waals surface area contributed by atoms with Crippen molar-refractivity contribution in [1.29, 1.82) is 0 Å². The fourth-order valence-electron chi connectivity index (χ4n) is 3.14. The van der Waals surface area contributed by atoms with Crippen molar-refractivity contribution < 1.29 is 4.79 Å². The first-order chi connectivity index (χ1) is 13.6. The molecule has 0 atom stereocenters. The highest BCUT2D eigenvalue weighted by Crippen LogP contribution is 2.19. The summed E-state index contributed by atoms with van der Waals surface area (Å²) in [6.45, 7) is 2.88. The van der Waals surface area contributed by atoms with E-state index < -0.39 is 0 Å². The highest BCUT2D eigenvalue weighted by atomic mass is 32.1. The zero-order valence-electron chi connectivity index (χ0n) is 16.6. The summed E-state index contributed by atoms with van der Waals surface area (Å²) in [5, 5.41) is 8.97. The smallest absolute Gasteiger partial charge is 0.243 e. The molecular formula is C21H29N5OS. The minimum absolute atomic E-state index is 0.00359. The van der Waals surface area contributed by atoms with Gasteiger partial charge in [-0.2, -0.15) is 0 Å². The Labute approximate surface area is 171 Å². The molecule has 7 heteroatoms. The second-order valence-electron chi connectivity index (χ2n) is 7.13. The van der Waals surface area contributed by atoms with E-state index in [4.69, 9.17) is 0 Å². The molecule has 1 fully saturated rings. The second-order valence-corrected chi connectivity index (χ2v) is 8.16. The van der Waals surface area contributed by atoms with Crippen LogP contribution in [0.4, 0.5) is 5.69 Å². The van der Waals surface area contributed by atoms with Gasteiger partial charge in [-0.1, -0.05) is 24.3 Å². The van der Waals surface area contributed by atoms with E-state index in [1.807, 2.05) is 6.07 Å². The first kappa shape index (κ1) is 20.2. The molecule has 1 saturated heterocycles. The van der Waals surface area contributed by atoms with Gasteiger partial charge in [0.2, 0.25) is 5.91 Å². The van der Waals surface area contributed by atoms with Crippen LogP contribution in [-0.4, -0.2) is 56.5 Å². The third-order valence-corrected chi connectivity index (χ3v) is 5.71. The second kappa shape index (κ2) is 10.1. The first-order valence-electron chi connectivity index (χ1n) is 9.69. The molecule has 2 heterocycles. The van der Waals surface area contributed by atoms with Crippen molar-refractivity contribution >= 4 is 28.9 Å². The van der Waals surface area contributed by atoms with Gasteiger partial charge in [-0.05, 0) is 36.4 Å². The number of aliphatic imine (C=N–C) groups is 1. The maximum Gasteiger partial charge on any atom is 0.243 e. The number of thiophene rings is 1. The average molecular weight is 400 g/mol. The van der Waals surface area contributed by atoms with Crippen LogP contribution in [0.1, 0.15) is 17.7 Å². The van der Waals surface area contributed by atoms with E-state index in [2.05, 4.69) is 62.3 Å². The highest BCUT2D eigenvalue weighted by Gasteiger charge is 2.20. The van der Waals surface area contributed by atoms with E-state index >= 15 is 0 Å². The average Bonchev–Trinajstić information content (AvgIpc) is 3.24. The number of anilines is 1. The van der Waals surface area contributed by atoms with Gasteiger partial charge < -0.3 is 20.4 Å². The van der Waals surface area contributed by atoms with Crippen LogP contribution in [0, 0.1) is 0 Å². The number of likely N-dealkylation sites (N-methyl/N-ethyl adjacent to an activating group) is 1. The molecule has 0 radical (unpaired) electrons. The predicted octanol–water partition coefficient (Wildman–Crippen LogP) is 2.54. The maximum atomic E-state index is 11.9. The Bertz CT molecular complexity index is 752. The molecule has 28 heavy (non-hydrogen) atoms. The molecule has 0 spiro atoms. The Morgan fingerprint density at radius 3 is 2.57 bits per heavy atom. The molecule has 1 amide bonds. The van der Waals surface area contributed by atoms with Crippen LogP contribution in [0.25, 0.3) is 0 Å². The zero-order valence-corrected chi connectivity index (χ0v) is 17.4. The van der Waals surface area contributed by atoms with E-state index in [1.165, 1.54) is 10.6 Å². The normalized spacial score (nSPS) is 15.4. The lowest BCUT2D eigenvalue weighted by Gasteiger charge is -2.34. The van der Waals surface area contributed by atoms with Gasteiger partial charge in [0.25, 0.3) is 0 Å². The Balaban J connectivity index is 1.56. The van der Waals surface area contributed by atoms with Crippen LogP contribution < -0.4 is 15.5 Å². The monoisotopic (exact) mass is 399 g/mol. The SMILES string of the molecule is CN(C)C(=O)CN=C(NCc1cccs1)NC1CCN(c2ccccc2)CC1. The number of guanidine groups is 1. The van der Waals surface area contributed by atoms with E-state index in [0.29, 0.717) is 18.5 Å². The van der Waals surface area contributed by atoms with Crippen molar-refractivity contribution in [1.82, 2.24) is 15.5 Å². The van der Waals surface area contributed by atoms with Gasteiger partial charge in [-0.3, -0.25) is 4.79 Å². The zero-order chi connectivity index (χ0) is 19.8. The van der Waals surface area contributed by atoms with Crippen molar-refractivity contribution in [2.24, 2.45) is 4.99 Å². The standard InChI is InChI=1S/C21H29N5OS/c1-25(2)20(27)16-23-21(22-15-19-9-6-14-28-19)24-17-10-12-26(13-11-17)18-7-4-3-5-8-18/h3-9,14,17H,10-13,15-16H2,1-2H3,(H2,22,23,24). The number of rotatable bonds is 6. The number of para-hydroxylation sites is 1. The Hall–Kier alpha value is -2.54. The number of nitrogens with zero attached hydrogens (tertiary/aromatic N) is 3. The van der Waals surface area contributed by atoms with Crippen molar-refractivity contribution in [3.8, 4) is 0 Å². The molecule has 6 nitrogen and oxygen atoms in total. The molecule has 2 N–H and O–H groups in total. The topological polar surface area (TPSA) is 60.0 Å². The Morgan fingerprint density at radius 1 is 1.18 bits per heavy atom. The molecule has 0 bridgehead atoms. The highest BCUT2D eigenvalue weighted by molar-refractivity contribution is 7.09. The number of carbonyl (C=O) groups excluding carboxylic acids is 1. The van der Waals surface area contributed by atoms with E-state index in [0.717, 1.165) is 25.9 Å². The first-order valence-corrected chi connectivity index (χ1v) is 10.6. The summed E-state index contributed by atoms with van der Waals surface area (Å²) in [7, 11) is 3.51. The van der Waals surface area contributed by atoms with Gasteiger partial charge in [-0.15, -0.1) is 11.3 Å². The Morgan fingerprint density at radius 2 is 1.93 bits per heavy atom. The Kier molecular flexibility index (Phi) is 7.31. The van der Waals surface area contributed by atoms with Crippen molar-refractivity contribution in [2.75, 3.05) is 38.6 Å². The van der Waals surface area contributed by atoms with Crippen molar-refractivity contribution in [3.63, 3.8) is 0 Å². The summed E-state index contributed by atoms with van der Waals surface area (Å²) in [6.07, 6.45) is 2.08. The van der Waals surface area contributed by atoms with Gasteiger partial charge in [0.15, 0.2) is 5.96 Å². The van der Waals surface area contributed by atoms with E-state index in [-0.39, 0.29) is 12.5 Å². The van der Waals surface area contributed by atoms with Crippen LogP contribution in [0.15, 0.2) is 52.8 Å². The van der Waals surface area contributed by atoms with E-state index in [9.17, 15) is 4.79 Å². The van der Waals surface area contributed by atoms with Crippen LogP contribution in [-0.2, 0) is 11.3 Å². The molecule has 1 aromatic carbocycles. The molecular weight excluding hydrogens is 370 g/mol. The third-order valence-electron chi connectivity index (χ3n) is 4.84. The molecule has 1 aromatic heterocycles. The summed E-state index contributed by atoms with van der Waals surface area (Å²) in [6, 6.07) is 15.0. The number of piperidine rings is 1. The molecule has 0 unspecified atom stereocenters. The molecule has 3 rings (SSSR count). The van der Waals surface area contributed by atoms with Gasteiger partial charge in [0.1, 0.15) is 6.54 Å². The number of nitrogens with one attached hydrogen (secondary N) is 2. The number of benzene rings is 1. The van der Waals surface area contributed by atoms with Crippen LogP contribution in [0.2, 0.25) is 0 Å². The number of carbonyl (C=O) groups is 1. The molecule has 2 aromatic rings. The third kappa shape index (κ3) is 5.99. The minimum atomic E-state index is -0.00359. The van der Waals surface area contributed by atoms with Crippen molar-refractivity contribution in [2.45, 2.75) is 25.4 Å². The number of hydrogen-bond donors (Lipinski definition) is 2. The fourth-order valence-corrected chi connectivity index (χ4v) is 3.78. The number of hydrogen-bond acceptors (Lipinski definition) is 4. The largest absolute Gasteiger partial charge is 0.371 e. The molecule has 0 saturated carbocycles. The molecule has 1 aliphatic heterocycles.